The Hall–Kier alpha value is -4.25. The van der Waals surface area contributed by atoms with Crippen molar-refractivity contribution in [2.45, 2.75) is 25.5 Å². The first kappa shape index (κ1) is 21.6. The molecule has 0 bridgehead atoms. The zero-order valence-corrected chi connectivity index (χ0v) is 18.9. The summed E-state index contributed by atoms with van der Waals surface area (Å²) in [5.74, 6) is 0.719. The smallest absolute Gasteiger partial charge is 0.278 e. The number of ether oxygens (including phenoxy) is 1. The maximum atomic E-state index is 13.1. The number of hydrogen-bond donors (Lipinski definition) is 3. The SMILES string of the molecule is CNc1cc(Nc2cccn(-c3ccc(C)nc3)c2=O)nc2c(C(=O)NC3C[C@H]3OC)cnn12. The molecule has 0 radical (unpaired) electrons. The molecule has 4 aromatic rings. The normalized spacial score (nSPS) is 16.9. The molecule has 4 heterocycles. The fraction of sp³-hybridized carbons (Fsp3) is 0.261. The van der Waals surface area contributed by atoms with Gasteiger partial charge in [0.15, 0.2) is 5.65 Å². The molecule has 1 amide bonds. The Kier molecular flexibility index (Phi) is 5.46. The van der Waals surface area contributed by atoms with Crippen LogP contribution >= 0.6 is 0 Å². The van der Waals surface area contributed by atoms with E-state index in [2.05, 4.69) is 31.0 Å². The molecule has 2 atom stereocenters. The number of pyridine rings is 2. The van der Waals surface area contributed by atoms with Crippen LogP contribution in [0.4, 0.5) is 17.3 Å². The molecular formula is C23H24N8O3. The summed E-state index contributed by atoms with van der Waals surface area (Å²) >= 11 is 0. The van der Waals surface area contributed by atoms with E-state index >= 15 is 0 Å². The van der Waals surface area contributed by atoms with Gasteiger partial charge >= 0.3 is 0 Å². The second kappa shape index (κ2) is 8.60. The molecule has 5 rings (SSSR count). The quantitative estimate of drug-likeness (QED) is 0.382. The molecule has 1 aliphatic rings. The minimum Gasteiger partial charge on any atom is -0.379 e. The summed E-state index contributed by atoms with van der Waals surface area (Å²) in [5, 5.41) is 13.4. The molecule has 11 nitrogen and oxygen atoms in total. The molecule has 1 aliphatic carbocycles. The lowest BCUT2D eigenvalue weighted by atomic mass is 10.3. The van der Waals surface area contributed by atoms with E-state index in [0.717, 1.165) is 12.1 Å². The summed E-state index contributed by atoms with van der Waals surface area (Å²) in [4.78, 5) is 34.8. The molecule has 0 saturated heterocycles. The lowest BCUT2D eigenvalue weighted by Crippen LogP contribution is -2.28. The Morgan fingerprint density at radius 2 is 2.09 bits per heavy atom. The molecular weight excluding hydrogens is 436 g/mol. The molecule has 11 heteroatoms. The third kappa shape index (κ3) is 3.97. The summed E-state index contributed by atoms with van der Waals surface area (Å²) in [7, 11) is 3.37. The van der Waals surface area contributed by atoms with E-state index in [4.69, 9.17) is 4.74 Å². The lowest BCUT2D eigenvalue weighted by molar-refractivity contribution is 0.0936. The van der Waals surface area contributed by atoms with E-state index in [-0.39, 0.29) is 23.6 Å². The maximum absolute atomic E-state index is 13.1. The fourth-order valence-electron chi connectivity index (χ4n) is 3.73. The van der Waals surface area contributed by atoms with Gasteiger partial charge in [-0.15, -0.1) is 0 Å². The number of aryl methyl sites for hydroxylation is 1. The van der Waals surface area contributed by atoms with Gasteiger partial charge in [-0.25, -0.2) is 4.98 Å². The molecule has 0 spiro atoms. The molecule has 34 heavy (non-hydrogen) atoms. The van der Waals surface area contributed by atoms with Crippen LogP contribution in [0, 0.1) is 6.92 Å². The average Bonchev–Trinajstić information content (AvgIpc) is 3.45. The van der Waals surface area contributed by atoms with Crippen molar-refractivity contribution in [2.24, 2.45) is 0 Å². The first-order chi connectivity index (χ1) is 16.5. The number of aromatic nitrogens is 5. The number of hydrogen-bond acceptors (Lipinski definition) is 8. The molecule has 0 aliphatic heterocycles. The second-order valence-electron chi connectivity index (χ2n) is 8.04. The number of nitrogens with one attached hydrogen (secondary N) is 3. The van der Waals surface area contributed by atoms with Gasteiger partial charge in [-0.1, -0.05) is 0 Å². The first-order valence-corrected chi connectivity index (χ1v) is 10.8. The first-order valence-electron chi connectivity index (χ1n) is 10.8. The van der Waals surface area contributed by atoms with E-state index in [1.807, 2.05) is 19.1 Å². The summed E-state index contributed by atoms with van der Waals surface area (Å²) in [6.07, 6.45) is 5.62. The van der Waals surface area contributed by atoms with Crippen molar-refractivity contribution < 1.29 is 9.53 Å². The maximum Gasteiger partial charge on any atom is 0.278 e. The standard InChI is InChI=1S/C23H24N8O3/c1-13-6-7-14(11-25-13)30-8-4-5-16(23(30)33)27-19-10-20(24-2)31-21(29-19)15(12-26-31)22(32)28-17-9-18(17)34-3/h4-8,10-12,17-18,24H,9H2,1-3H3,(H,27,29)(H,28,32)/t17?,18-/m1/s1. The number of nitrogens with zero attached hydrogens (tertiary/aromatic N) is 5. The third-order valence-corrected chi connectivity index (χ3v) is 5.71. The molecule has 1 unspecified atom stereocenters. The topological polar surface area (TPSA) is 127 Å². The van der Waals surface area contributed by atoms with Crippen LogP contribution < -0.4 is 21.5 Å². The fourth-order valence-corrected chi connectivity index (χ4v) is 3.73. The lowest BCUT2D eigenvalue weighted by Gasteiger charge is -2.12. The van der Waals surface area contributed by atoms with Gasteiger partial charge in [-0.3, -0.25) is 19.1 Å². The molecule has 174 valence electrons. The van der Waals surface area contributed by atoms with Gasteiger partial charge < -0.3 is 20.7 Å². The Morgan fingerprint density at radius 1 is 1.24 bits per heavy atom. The number of methoxy groups -OCH3 is 1. The highest BCUT2D eigenvalue weighted by Gasteiger charge is 2.39. The minimum absolute atomic E-state index is 0.0171. The van der Waals surface area contributed by atoms with Crippen LogP contribution in [0.3, 0.4) is 0 Å². The molecule has 0 aromatic carbocycles. The number of carbonyl (C=O) groups is 1. The summed E-state index contributed by atoms with van der Waals surface area (Å²) in [5.41, 5.74) is 2.28. The molecule has 1 fully saturated rings. The van der Waals surface area contributed by atoms with Crippen molar-refractivity contribution in [2.75, 3.05) is 24.8 Å². The highest BCUT2D eigenvalue weighted by molar-refractivity contribution is 6.00. The van der Waals surface area contributed by atoms with Crippen LogP contribution in [0.2, 0.25) is 0 Å². The number of amides is 1. The van der Waals surface area contributed by atoms with Crippen LogP contribution in [-0.4, -0.2) is 56.4 Å². The monoisotopic (exact) mass is 460 g/mol. The average molecular weight is 460 g/mol. The van der Waals surface area contributed by atoms with Crippen molar-refractivity contribution in [1.82, 2.24) is 29.5 Å². The Bertz CT molecular complexity index is 1430. The van der Waals surface area contributed by atoms with E-state index < -0.39 is 0 Å². The van der Waals surface area contributed by atoms with Crippen LogP contribution in [0.25, 0.3) is 11.3 Å². The Morgan fingerprint density at radius 3 is 2.79 bits per heavy atom. The summed E-state index contributed by atoms with van der Waals surface area (Å²) in [6, 6.07) is 8.82. The van der Waals surface area contributed by atoms with Gasteiger partial charge in [0.1, 0.15) is 22.9 Å². The van der Waals surface area contributed by atoms with Gasteiger partial charge in [-0.2, -0.15) is 9.61 Å². The zero-order chi connectivity index (χ0) is 23.8. The number of rotatable bonds is 7. The van der Waals surface area contributed by atoms with E-state index in [0.29, 0.717) is 34.2 Å². The van der Waals surface area contributed by atoms with Crippen LogP contribution in [-0.2, 0) is 4.74 Å². The highest BCUT2D eigenvalue weighted by Crippen LogP contribution is 2.26. The predicted octanol–water partition coefficient (Wildman–Crippen LogP) is 1.89. The largest absolute Gasteiger partial charge is 0.379 e. The van der Waals surface area contributed by atoms with Gasteiger partial charge in [0.05, 0.1) is 30.2 Å². The number of anilines is 3. The van der Waals surface area contributed by atoms with Gasteiger partial charge in [0.25, 0.3) is 11.5 Å². The van der Waals surface area contributed by atoms with Gasteiger partial charge in [0, 0.05) is 32.1 Å². The highest BCUT2D eigenvalue weighted by atomic mass is 16.5. The van der Waals surface area contributed by atoms with Crippen LogP contribution in [0.1, 0.15) is 22.5 Å². The molecule has 3 N–H and O–H groups in total. The summed E-state index contributed by atoms with van der Waals surface area (Å²) in [6.45, 7) is 1.89. The van der Waals surface area contributed by atoms with Crippen molar-refractivity contribution in [3.05, 3.63) is 70.5 Å². The zero-order valence-electron chi connectivity index (χ0n) is 18.9. The van der Waals surface area contributed by atoms with Crippen molar-refractivity contribution in [1.29, 1.82) is 0 Å². The van der Waals surface area contributed by atoms with Crippen LogP contribution in [0.15, 0.2) is 53.7 Å². The van der Waals surface area contributed by atoms with Crippen molar-refractivity contribution in [3.63, 3.8) is 0 Å². The second-order valence-corrected chi connectivity index (χ2v) is 8.04. The van der Waals surface area contributed by atoms with Crippen molar-refractivity contribution >= 4 is 28.9 Å². The Balaban J connectivity index is 1.48. The van der Waals surface area contributed by atoms with Crippen LogP contribution in [0.5, 0.6) is 0 Å². The summed E-state index contributed by atoms with van der Waals surface area (Å²) < 4.78 is 8.30. The number of carbonyl (C=O) groups excluding carboxylic acids is 1. The molecule has 4 aromatic heterocycles. The minimum atomic E-state index is -0.278. The van der Waals surface area contributed by atoms with Gasteiger partial charge in [0.2, 0.25) is 0 Å². The molecule has 1 saturated carbocycles. The van der Waals surface area contributed by atoms with E-state index in [9.17, 15) is 9.59 Å². The van der Waals surface area contributed by atoms with E-state index in [1.165, 1.54) is 10.8 Å². The van der Waals surface area contributed by atoms with Crippen molar-refractivity contribution in [3.8, 4) is 5.69 Å². The van der Waals surface area contributed by atoms with E-state index in [1.54, 1.807) is 49.3 Å². The predicted molar refractivity (Wildman–Crippen MR) is 127 cm³/mol. The van der Waals surface area contributed by atoms with Gasteiger partial charge in [-0.05, 0) is 37.6 Å². The number of fused-ring (bicyclic) bond motifs is 1. The Labute approximate surface area is 194 Å². The third-order valence-electron chi connectivity index (χ3n) is 5.71.